The topological polar surface area (TPSA) is 108 Å². The Hall–Kier alpha value is -3.83. The minimum absolute atomic E-state index is 0.0268. The minimum atomic E-state index is -0.310. The molecule has 0 unspecified atom stereocenters. The van der Waals surface area contributed by atoms with Gasteiger partial charge in [-0.15, -0.1) is 11.3 Å². The molecule has 3 rings (SSSR count). The van der Waals surface area contributed by atoms with E-state index in [1.165, 1.54) is 6.08 Å². The summed E-state index contributed by atoms with van der Waals surface area (Å²) in [5.41, 5.74) is 4.14. The number of benzene rings is 1. The predicted octanol–water partition coefficient (Wildman–Crippen LogP) is 3.58. The summed E-state index contributed by atoms with van der Waals surface area (Å²) in [6, 6.07) is 13.0. The molecule has 0 radical (unpaired) electrons. The SMILES string of the molecule is CC(=CC(=O)NCC#N)CCNC(=O)c1ccc(-c2csc(-c3cccnc3)n2)cc1. The number of nitrogens with one attached hydrogen (secondary N) is 2. The number of thiazole rings is 1. The van der Waals surface area contributed by atoms with Gasteiger partial charge in [-0.05, 0) is 37.6 Å². The molecular formula is C23H21N5O2S. The molecule has 31 heavy (non-hydrogen) atoms. The molecule has 0 aliphatic heterocycles. The Morgan fingerprint density at radius 3 is 2.68 bits per heavy atom. The average molecular weight is 432 g/mol. The first-order valence-electron chi connectivity index (χ1n) is 9.63. The second-order valence-corrected chi connectivity index (χ2v) is 7.59. The molecule has 2 amide bonds. The van der Waals surface area contributed by atoms with Gasteiger partial charge in [0.2, 0.25) is 5.91 Å². The van der Waals surface area contributed by atoms with Crippen LogP contribution in [0.4, 0.5) is 0 Å². The van der Waals surface area contributed by atoms with Crippen molar-refractivity contribution in [2.75, 3.05) is 13.1 Å². The van der Waals surface area contributed by atoms with Crippen LogP contribution < -0.4 is 10.6 Å². The summed E-state index contributed by atoms with van der Waals surface area (Å²) in [6.07, 6.45) is 5.49. The number of rotatable bonds is 8. The lowest BCUT2D eigenvalue weighted by atomic mass is 10.1. The third-order valence-electron chi connectivity index (χ3n) is 4.38. The maximum Gasteiger partial charge on any atom is 0.251 e. The van der Waals surface area contributed by atoms with Gasteiger partial charge in [0.1, 0.15) is 11.6 Å². The molecule has 156 valence electrons. The van der Waals surface area contributed by atoms with Crippen LogP contribution in [0.25, 0.3) is 21.8 Å². The summed E-state index contributed by atoms with van der Waals surface area (Å²) in [6.45, 7) is 2.19. The molecule has 0 fully saturated rings. The summed E-state index contributed by atoms with van der Waals surface area (Å²) < 4.78 is 0. The Labute approximate surface area is 184 Å². The predicted molar refractivity (Wildman–Crippen MR) is 120 cm³/mol. The van der Waals surface area contributed by atoms with E-state index in [0.29, 0.717) is 18.5 Å². The lowest BCUT2D eigenvalue weighted by Gasteiger charge is -2.06. The van der Waals surface area contributed by atoms with E-state index in [9.17, 15) is 9.59 Å². The maximum atomic E-state index is 12.4. The van der Waals surface area contributed by atoms with Crippen LogP contribution in [-0.2, 0) is 4.79 Å². The van der Waals surface area contributed by atoms with Crippen LogP contribution in [0.2, 0.25) is 0 Å². The smallest absolute Gasteiger partial charge is 0.251 e. The van der Waals surface area contributed by atoms with Crippen LogP contribution in [0, 0.1) is 11.3 Å². The summed E-state index contributed by atoms with van der Waals surface area (Å²) in [4.78, 5) is 32.7. The Morgan fingerprint density at radius 1 is 1.16 bits per heavy atom. The summed E-state index contributed by atoms with van der Waals surface area (Å²) in [7, 11) is 0. The van der Waals surface area contributed by atoms with Gasteiger partial charge in [-0.25, -0.2) is 4.98 Å². The molecule has 2 aromatic heterocycles. The van der Waals surface area contributed by atoms with E-state index < -0.39 is 0 Å². The van der Waals surface area contributed by atoms with Crippen LogP contribution in [0.1, 0.15) is 23.7 Å². The molecule has 0 spiro atoms. The Kier molecular flexibility index (Phi) is 7.62. The average Bonchev–Trinajstić information content (AvgIpc) is 3.28. The number of aromatic nitrogens is 2. The first-order chi connectivity index (χ1) is 15.1. The van der Waals surface area contributed by atoms with Gasteiger partial charge in [-0.3, -0.25) is 14.6 Å². The molecular weight excluding hydrogens is 410 g/mol. The Balaban J connectivity index is 1.54. The molecule has 0 saturated heterocycles. The number of hydrogen-bond acceptors (Lipinski definition) is 6. The number of nitriles is 1. The van der Waals surface area contributed by atoms with Crippen molar-refractivity contribution in [3.63, 3.8) is 0 Å². The summed E-state index contributed by atoms with van der Waals surface area (Å²) in [5.74, 6) is -0.489. The third kappa shape index (κ3) is 6.32. The van der Waals surface area contributed by atoms with Crippen LogP contribution in [0.5, 0.6) is 0 Å². The van der Waals surface area contributed by atoms with Crippen molar-refractivity contribution in [3.8, 4) is 27.9 Å². The van der Waals surface area contributed by atoms with Gasteiger partial charge in [0.05, 0.1) is 11.8 Å². The lowest BCUT2D eigenvalue weighted by Crippen LogP contribution is -2.25. The van der Waals surface area contributed by atoms with Crippen LogP contribution in [-0.4, -0.2) is 34.9 Å². The maximum absolute atomic E-state index is 12.4. The molecule has 7 nitrogen and oxygen atoms in total. The molecule has 0 atom stereocenters. The van der Waals surface area contributed by atoms with Crippen molar-refractivity contribution in [1.82, 2.24) is 20.6 Å². The van der Waals surface area contributed by atoms with Crippen molar-refractivity contribution < 1.29 is 9.59 Å². The second-order valence-electron chi connectivity index (χ2n) is 6.73. The molecule has 3 aromatic rings. The van der Waals surface area contributed by atoms with Crippen LogP contribution in [0.15, 0.2) is 65.8 Å². The molecule has 8 heteroatoms. The Morgan fingerprint density at radius 2 is 1.97 bits per heavy atom. The molecule has 2 N–H and O–H groups in total. The van der Waals surface area contributed by atoms with E-state index in [0.717, 1.165) is 27.4 Å². The number of hydrogen-bond donors (Lipinski definition) is 2. The zero-order valence-corrected chi connectivity index (χ0v) is 17.8. The van der Waals surface area contributed by atoms with Gasteiger partial charge in [-0.1, -0.05) is 17.7 Å². The first kappa shape index (κ1) is 21.9. The highest BCUT2D eigenvalue weighted by atomic mass is 32.1. The monoisotopic (exact) mass is 431 g/mol. The zero-order valence-electron chi connectivity index (χ0n) is 17.0. The van der Waals surface area contributed by atoms with Gasteiger partial charge in [0, 0.05) is 47.1 Å². The normalized spacial score (nSPS) is 10.9. The minimum Gasteiger partial charge on any atom is -0.352 e. The van der Waals surface area contributed by atoms with Crippen molar-refractivity contribution >= 4 is 23.2 Å². The van der Waals surface area contributed by atoms with Gasteiger partial charge in [0.15, 0.2) is 0 Å². The molecule has 0 aliphatic rings. The summed E-state index contributed by atoms with van der Waals surface area (Å²) in [5, 5.41) is 16.6. The van der Waals surface area contributed by atoms with Crippen LogP contribution >= 0.6 is 11.3 Å². The number of pyridine rings is 1. The highest BCUT2D eigenvalue weighted by molar-refractivity contribution is 7.13. The molecule has 2 heterocycles. The van der Waals surface area contributed by atoms with Crippen molar-refractivity contribution in [2.24, 2.45) is 0 Å². The lowest BCUT2D eigenvalue weighted by molar-refractivity contribution is -0.116. The Bertz CT molecular complexity index is 1110. The fourth-order valence-corrected chi connectivity index (χ4v) is 3.59. The second kappa shape index (κ2) is 10.8. The van der Waals surface area contributed by atoms with E-state index in [-0.39, 0.29) is 18.4 Å². The van der Waals surface area contributed by atoms with Crippen molar-refractivity contribution in [1.29, 1.82) is 5.26 Å². The van der Waals surface area contributed by atoms with Gasteiger partial charge in [0.25, 0.3) is 5.91 Å². The largest absolute Gasteiger partial charge is 0.352 e. The number of carbonyl (C=O) groups is 2. The number of amides is 2. The molecule has 1 aromatic carbocycles. The van der Waals surface area contributed by atoms with E-state index >= 15 is 0 Å². The van der Waals surface area contributed by atoms with Gasteiger partial charge in [-0.2, -0.15) is 5.26 Å². The fraction of sp³-hybridized carbons (Fsp3) is 0.174. The van der Waals surface area contributed by atoms with Crippen LogP contribution in [0.3, 0.4) is 0 Å². The molecule has 0 bridgehead atoms. The van der Waals surface area contributed by atoms with Gasteiger partial charge >= 0.3 is 0 Å². The number of nitrogens with zero attached hydrogens (tertiary/aromatic N) is 3. The molecule has 0 saturated carbocycles. The van der Waals surface area contributed by atoms with E-state index in [1.807, 2.05) is 35.7 Å². The van der Waals surface area contributed by atoms with E-state index in [4.69, 9.17) is 5.26 Å². The quantitative estimate of drug-likeness (QED) is 0.419. The third-order valence-corrected chi connectivity index (χ3v) is 5.27. The van der Waals surface area contributed by atoms with Crippen molar-refractivity contribution in [3.05, 3.63) is 71.4 Å². The molecule has 0 aliphatic carbocycles. The zero-order chi connectivity index (χ0) is 22.1. The standard InChI is InChI=1S/C23H21N5O2S/c1-16(13-21(29)26-12-9-24)8-11-27-22(30)18-6-4-17(5-7-18)20-15-31-23(28-20)19-3-2-10-25-14-19/h2-7,10,13-15H,8,11-12H2,1H3,(H,26,29)(H,27,30). The first-order valence-corrected chi connectivity index (χ1v) is 10.5. The highest BCUT2D eigenvalue weighted by Crippen LogP contribution is 2.28. The summed E-state index contributed by atoms with van der Waals surface area (Å²) >= 11 is 1.55. The highest BCUT2D eigenvalue weighted by Gasteiger charge is 2.09. The van der Waals surface area contributed by atoms with E-state index in [2.05, 4.69) is 20.6 Å². The fourth-order valence-electron chi connectivity index (χ4n) is 2.77. The number of carbonyl (C=O) groups excluding carboxylic acids is 2. The van der Waals surface area contributed by atoms with Gasteiger partial charge < -0.3 is 10.6 Å². The van der Waals surface area contributed by atoms with E-state index in [1.54, 1.807) is 42.8 Å². The van der Waals surface area contributed by atoms with Crippen molar-refractivity contribution in [2.45, 2.75) is 13.3 Å².